The van der Waals surface area contributed by atoms with Gasteiger partial charge >= 0.3 is 0 Å². The number of nitrogens with zero attached hydrogens (tertiary/aromatic N) is 1. The Morgan fingerprint density at radius 3 is 2.64 bits per heavy atom. The molecule has 2 aliphatic rings. The summed E-state index contributed by atoms with van der Waals surface area (Å²) in [6, 6.07) is 0. The molecule has 1 N–H and O–H groups in total. The first-order valence-electron chi connectivity index (χ1n) is 5.77. The van der Waals surface area contributed by atoms with Gasteiger partial charge in [-0.2, -0.15) is 0 Å². The van der Waals surface area contributed by atoms with Gasteiger partial charge in [0.05, 0.1) is 6.61 Å². The van der Waals surface area contributed by atoms with Gasteiger partial charge < -0.3 is 15.0 Å². The molecule has 1 spiro atoms. The molecule has 0 amide bonds. The van der Waals surface area contributed by atoms with Gasteiger partial charge in [0.2, 0.25) is 0 Å². The van der Waals surface area contributed by atoms with E-state index >= 15 is 0 Å². The maximum atomic E-state index is 5.11. The summed E-state index contributed by atoms with van der Waals surface area (Å²) >= 11 is 0. The van der Waals surface area contributed by atoms with Crippen molar-refractivity contribution >= 4 is 0 Å². The minimum atomic E-state index is 0.656. The van der Waals surface area contributed by atoms with E-state index in [0.29, 0.717) is 5.41 Å². The van der Waals surface area contributed by atoms with E-state index in [2.05, 4.69) is 10.2 Å². The summed E-state index contributed by atoms with van der Waals surface area (Å²) in [6.45, 7) is 7.02. The smallest absolute Gasteiger partial charge is 0.0589 e. The number of likely N-dealkylation sites (tertiary alicyclic amines) is 1. The Hall–Kier alpha value is -0.120. The molecular weight excluding hydrogens is 176 g/mol. The van der Waals surface area contributed by atoms with Crippen LogP contribution in [-0.4, -0.2) is 51.3 Å². The van der Waals surface area contributed by atoms with Crippen LogP contribution in [0.5, 0.6) is 0 Å². The second-order valence-electron chi connectivity index (χ2n) is 4.76. The van der Waals surface area contributed by atoms with Crippen molar-refractivity contribution in [2.75, 3.05) is 46.4 Å². The molecule has 0 radical (unpaired) electrons. The Kier molecular flexibility index (Phi) is 3.42. The van der Waals surface area contributed by atoms with E-state index in [1.54, 1.807) is 7.11 Å². The van der Waals surface area contributed by atoms with Gasteiger partial charge in [0.15, 0.2) is 0 Å². The molecule has 2 saturated heterocycles. The quantitative estimate of drug-likeness (QED) is 0.723. The normalized spacial score (nSPS) is 27.2. The van der Waals surface area contributed by atoms with Gasteiger partial charge in [0.25, 0.3) is 0 Å². The van der Waals surface area contributed by atoms with Crippen molar-refractivity contribution in [2.45, 2.75) is 19.3 Å². The number of piperidine rings is 1. The van der Waals surface area contributed by atoms with Crippen LogP contribution in [0.15, 0.2) is 0 Å². The van der Waals surface area contributed by atoms with Crippen molar-refractivity contribution in [1.82, 2.24) is 10.2 Å². The van der Waals surface area contributed by atoms with Gasteiger partial charge in [0.1, 0.15) is 0 Å². The zero-order chi connectivity index (χ0) is 9.86. The lowest BCUT2D eigenvalue weighted by atomic mass is 9.78. The maximum Gasteiger partial charge on any atom is 0.0589 e. The largest absolute Gasteiger partial charge is 0.383 e. The topological polar surface area (TPSA) is 24.5 Å². The molecule has 3 heteroatoms. The molecule has 0 bridgehead atoms. The lowest BCUT2D eigenvalue weighted by molar-refractivity contribution is 0.0876. The van der Waals surface area contributed by atoms with Gasteiger partial charge in [-0.25, -0.2) is 0 Å². The molecule has 2 heterocycles. The minimum Gasteiger partial charge on any atom is -0.383 e. The number of hydrogen-bond acceptors (Lipinski definition) is 3. The van der Waals surface area contributed by atoms with Gasteiger partial charge in [-0.05, 0) is 44.3 Å². The summed E-state index contributed by atoms with van der Waals surface area (Å²) in [6.07, 6.45) is 4.15. The first-order chi connectivity index (χ1) is 6.85. The van der Waals surface area contributed by atoms with Crippen LogP contribution in [0, 0.1) is 5.41 Å². The second-order valence-corrected chi connectivity index (χ2v) is 4.76. The van der Waals surface area contributed by atoms with Crippen molar-refractivity contribution < 1.29 is 4.74 Å². The van der Waals surface area contributed by atoms with Crippen LogP contribution in [0.2, 0.25) is 0 Å². The first kappa shape index (κ1) is 10.4. The molecule has 0 unspecified atom stereocenters. The number of methoxy groups -OCH3 is 1. The van der Waals surface area contributed by atoms with E-state index in [1.807, 2.05) is 0 Å². The molecule has 14 heavy (non-hydrogen) atoms. The average molecular weight is 198 g/mol. The highest BCUT2D eigenvalue weighted by Gasteiger charge is 2.36. The Morgan fingerprint density at radius 2 is 2.07 bits per heavy atom. The number of rotatable bonds is 3. The Bertz CT molecular complexity index is 168. The predicted octanol–water partition coefficient (Wildman–Crippen LogP) is 0.708. The van der Waals surface area contributed by atoms with Crippen LogP contribution in [0.4, 0.5) is 0 Å². The highest BCUT2D eigenvalue weighted by Crippen LogP contribution is 2.36. The molecule has 0 aromatic rings. The van der Waals surface area contributed by atoms with Crippen molar-refractivity contribution in [1.29, 1.82) is 0 Å². The summed E-state index contributed by atoms with van der Waals surface area (Å²) in [5.74, 6) is 0. The summed E-state index contributed by atoms with van der Waals surface area (Å²) in [5.41, 5.74) is 0.656. The molecule has 3 nitrogen and oxygen atoms in total. The fourth-order valence-corrected chi connectivity index (χ4v) is 2.69. The molecular formula is C11H22N2O. The Balaban J connectivity index is 1.74. The van der Waals surface area contributed by atoms with Crippen LogP contribution in [0.1, 0.15) is 19.3 Å². The van der Waals surface area contributed by atoms with Crippen molar-refractivity contribution in [3.8, 4) is 0 Å². The van der Waals surface area contributed by atoms with E-state index in [1.165, 1.54) is 45.4 Å². The first-order valence-corrected chi connectivity index (χ1v) is 5.77. The number of nitrogens with one attached hydrogen (secondary N) is 1. The highest BCUT2D eigenvalue weighted by atomic mass is 16.5. The Labute approximate surface area is 86.8 Å². The lowest BCUT2D eigenvalue weighted by Gasteiger charge is -2.38. The third kappa shape index (κ3) is 2.27. The molecule has 2 rings (SSSR count). The van der Waals surface area contributed by atoms with Crippen molar-refractivity contribution in [2.24, 2.45) is 5.41 Å². The zero-order valence-corrected chi connectivity index (χ0v) is 9.22. The van der Waals surface area contributed by atoms with E-state index in [-0.39, 0.29) is 0 Å². The third-order valence-electron chi connectivity index (χ3n) is 3.86. The second kappa shape index (κ2) is 4.60. The van der Waals surface area contributed by atoms with Crippen molar-refractivity contribution in [3.63, 3.8) is 0 Å². The molecule has 2 fully saturated rings. The van der Waals surface area contributed by atoms with E-state index in [0.717, 1.165) is 13.2 Å². The van der Waals surface area contributed by atoms with Gasteiger partial charge in [-0.3, -0.25) is 0 Å². The number of hydrogen-bond donors (Lipinski definition) is 1. The predicted molar refractivity (Wildman–Crippen MR) is 57.5 cm³/mol. The summed E-state index contributed by atoms with van der Waals surface area (Å²) in [4.78, 5) is 2.53. The Morgan fingerprint density at radius 1 is 1.29 bits per heavy atom. The molecule has 0 aliphatic carbocycles. The summed E-state index contributed by atoms with van der Waals surface area (Å²) in [5, 5.41) is 3.50. The molecule has 0 atom stereocenters. The molecule has 0 aromatic carbocycles. The summed E-state index contributed by atoms with van der Waals surface area (Å²) in [7, 11) is 1.78. The van der Waals surface area contributed by atoms with Crippen LogP contribution in [0.25, 0.3) is 0 Å². The van der Waals surface area contributed by atoms with Crippen LogP contribution in [-0.2, 0) is 4.74 Å². The average Bonchev–Trinajstić information content (AvgIpc) is 2.66. The van der Waals surface area contributed by atoms with Crippen molar-refractivity contribution in [3.05, 3.63) is 0 Å². The standard InChI is InChI=1S/C11H22N2O/c1-14-9-8-13-6-3-11(4-7-13)2-5-12-10-11/h12H,2-10H2,1H3. The fourth-order valence-electron chi connectivity index (χ4n) is 2.69. The van der Waals surface area contributed by atoms with Gasteiger partial charge in [-0.1, -0.05) is 0 Å². The van der Waals surface area contributed by atoms with Crippen LogP contribution >= 0.6 is 0 Å². The molecule has 2 aliphatic heterocycles. The lowest BCUT2D eigenvalue weighted by Crippen LogP contribution is -2.42. The van der Waals surface area contributed by atoms with Crippen LogP contribution < -0.4 is 5.32 Å². The zero-order valence-electron chi connectivity index (χ0n) is 9.22. The van der Waals surface area contributed by atoms with E-state index in [4.69, 9.17) is 4.74 Å². The van der Waals surface area contributed by atoms with Gasteiger partial charge in [0, 0.05) is 20.2 Å². The third-order valence-corrected chi connectivity index (χ3v) is 3.86. The molecule has 0 aromatic heterocycles. The summed E-state index contributed by atoms with van der Waals surface area (Å²) < 4.78 is 5.11. The van der Waals surface area contributed by atoms with E-state index < -0.39 is 0 Å². The SMILES string of the molecule is COCCN1CCC2(CCNC2)CC1. The highest BCUT2D eigenvalue weighted by molar-refractivity contribution is 4.92. The monoisotopic (exact) mass is 198 g/mol. The number of ether oxygens (including phenoxy) is 1. The maximum absolute atomic E-state index is 5.11. The molecule has 82 valence electrons. The molecule has 0 saturated carbocycles. The van der Waals surface area contributed by atoms with E-state index in [9.17, 15) is 0 Å². The minimum absolute atomic E-state index is 0.656. The fraction of sp³-hybridized carbons (Fsp3) is 1.00. The van der Waals surface area contributed by atoms with Gasteiger partial charge in [-0.15, -0.1) is 0 Å². The van der Waals surface area contributed by atoms with Crippen LogP contribution in [0.3, 0.4) is 0 Å².